The van der Waals surface area contributed by atoms with Crippen molar-refractivity contribution in [1.29, 1.82) is 0 Å². The monoisotopic (exact) mass is 453 g/mol. The number of amides is 3. The lowest BCUT2D eigenvalue weighted by atomic mass is 9.86. The molecule has 1 aliphatic carbocycles. The Morgan fingerprint density at radius 1 is 1.09 bits per heavy atom. The van der Waals surface area contributed by atoms with E-state index in [1.165, 1.54) is 32.1 Å². The Hall–Kier alpha value is -2.32. The van der Waals surface area contributed by atoms with Crippen LogP contribution in [-0.2, 0) is 19.1 Å². The second-order valence-corrected chi connectivity index (χ2v) is 9.52. The Bertz CT molecular complexity index is 648. The molecular formula is C23H39N3O6. The summed E-state index contributed by atoms with van der Waals surface area (Å²) in [5, 5.41) is 17.3. The van der Waals surface area contributed by atoms with Gasteiger partial charge in [-0.15, -0.1) is 0 Å². The van der Waals surface area contributed by atoms with Gasteiger partial charge in [0.1, 0.15) is 12.1 Å². The smallest absolute Gasteiger partial charge is 0.407 e. The zero-order valence-corrected chi connectivity index (χ0v) is 19.4. The van der Waals surface area contributed by atoms with Crippen molar-refractivity contribution in [2.45, 2.75) is 90.1 Å². The molecule has 2 rings (SSSR count). The summed E-state index contributed by atoms with van der Waals surface area (Å²) in [6.45, 7) is 4.63. The van der Waals surface area contributed by atoms with Gasteiger partial charge < -0.3 is 25.8 Å². The minimum atomic E-state index is -1.20. The number of hydrogen-bond donors (Lipinski definition) is 4. The third kappa shape index (κ3) is 9.04. The van der Waals surface area contributed by atoms with E-state index in [1.807, 2.05) is 13.8 Å². The Morgan fingerprint density at radius 2 is 1.81 bits per heavy atom. The molecule has 4 N–H and O–H groups in total. The summed E-state index contributed by atoms with van der Waals surface area (Å²) >= 11 is 0. The lowest BCUT2D eigenvalue weighted by Gasteiger charge is -2.23. The third-order valence-electron chi connectivity index (χ3n) is 6.33. The summed E-state index contributed by atoms with van der Waals surface area (Å²) in [7, 11) is 0. The van der Waals surface area contributed by atoms with Crippen molar-refractivity contribution in [2.75, 3.05) is 13.2 Å². The van der Waals surface area contributed by atoms with Crippen LogP contribution in [0.25, 0.3) is 0 Å². The number of carbonyl (C=O) groups is 4. The Morgan fingerprint density at radius 3 is 2.41 bits per heavy atom. The highest BCUT2D eigenvalue weighted by molar-refractivity contribution is 5.89. The molecule has 9 heteroatoms. The number of rotatable bonds is 12. The van der Waals surface area contributed by atoms with Crippen LogP contribution in [0.1, 0.15) is 78.1 Å². The van der Waals surface area contributed by atoms with Crippen LogP contribution in [0, 0.1) is 17.8 Å². The Labute approximate surface area is 190 Å². The fourth-order valence-corrected chi connectivity index (χ4v) is 4.55. The molecule has 0 aromatic rings. The van der Waals surface area contributed by atoms with Crippen molar-refractivity contribution in [3.8, 4) is 0 Å². The highest BCUT2D eigenvalue weighted by atomic mass is 16.5. The third-order valence-corrected chi connectivity index (χ3v) is 6.33. The van der Waals surface area contributed by atoms with Crippen LogP contribution in [0.15, 0.2) is 0 Å². The molecule has 2 fully saturated rings. The molecule has 3 atom stereocenters. The average molecular weight is 454 g/mol. The number of hydrogen-bond acceptors (Lipinski definition) is 5. The maximum absolute atomic E-state index is 12.8. The summed E-state index contributed by atoms with van der Waals surface area (Å²) in [5.41, 5.74) is 0. The number of nitrogens with one attached hydrogen (secondary N) is 3. The van der Waals surface area contributed by atoms with E-state index in [0.717, 1.165) is 12.8 Å². The molecule has 0 spiro atoms. The molecular weight excluding hydrogens is 414 g/mol. The van der Waals surface area contributed by atoms with Gasteiger partial charge in [-0.05, 0) is 43.9 Å². The number of carbonyl (C=O) groups excluding carboxylic acids is 3. The van der Waals surface area contributed by atoms with E-state index in [1.54, 1.807) is 0 Å². The van der Waals surface area contributed by atoms with Crippen LogP contribution < -0.4 is 16.0 Å². The lowest BCUT2D eigenvalue weighted by molar-refractivity contribution is -0.143. The van der Waals surface area contributed by atoms with E-state index < -0.39 is 36.0 Å². The second-order valence-electron chi connectivity index (χ2n) is 9.52. The van der Waals surface area contributed by atoms with Gasteiger partial charge >= 0.3 is 12.1 Å². The van der Waals surface area contributed by atoms with Gasteiger partial charge in [-0.2, -0.15) is 0 Å². The number of alkyl carbamates (subject to hydrolysis) is 1. The molecule has 1 aliphatic heterocycles. The number of ether oxygens (including phenoxy) is 1. The number of aliphatic carboxylic acids is 1. The van der Waals surface area contributed by atoms with Gasteiger partial charge in [0.25, 0.3) is 0 Å². The van der Waals surface area contributed by atoms with Crippen LogP contribution in [-0.4, -0.2) is 54.2 Å². The van der Waals surface area contributed by atoms with Crippen LogP contribution in [0.3, 0.4) is 0 Å². The van der Waals surface area contributed by atoms with E-state index in [2.05, 4.69) is 16.0 Å². The van der Waals surface area contributed by atoms with Crippen molar-refractivity contribution < 1.29 is 29.0 Å². The molecule has 0 radical (unpaired) electrons. The van der Waals surface area contributed by atoms with Crippen LogP contribution in [0.2, 0.25) is 0 Å². The van der Waals surface area contributed by atoms with Gasteiger partial charge in [0, 0.05) is 12.5 Å². The Kier molecular flexibility index (Phi) is 10.8. The van der Waals surface area contributed by atoms with Crippen molar-refractivity contribution in [2.24, 2.45) is 17.8 Å². The van der Waals surface area contributed by atoms with E-state index in [4.69, 9.17) is 4.74 Å². The highest BCUT2D eigenvalue weighted by Gasteiger charge is 2.33. The van der Waals surface area contributed by atoms with Crippen molar-refractivity contribution in [1.82, 2.24) is 16.0 Å². The summed E-state index contributed by atoms with van der Waals surface area (Å²) in [6, 6.07) is -2.10. The molecule has 0 bridgehead atoms. The zero-order valence-electron chi connectivity index (χ0n) is 19.4. The average Bonchev–Trinajstić information content (AvgIpc) is 3.15. The van der Waals surface area contributed by atoms with Gasteiger partial charge in [-0.1, -0.05) is 46.0 Å². The number of carboxylic acid groups (broad SMARTS) is 1. The van der Waals surface area contributed by atoms with E-state index in [0.29, 0.717) is 31.9 Å². The van der Waals surface area contributed by atoms with Gasteiger partial charge in [-0.25, -0.2) is 9.59 Å². The fraction of sp³-hybridized carbons (Fsp3) is 0.826. The highest BCUT2D eigenvalue weighted by Crippen LogP contribution is 2.27. The summed E-state index contributed by atoms with van der Waals surface area (Å²) in [5.74, 6) is -1.61. The first-order chi connectivity index (χ1) is 15.3. The van der Waals surface area contributed by atoms with Gasteiger partial charge in [0.15, 0.2) is 0 Å². The largest absolute Gasteiger partial charge is 0.480 e. The van der Waals surface area contributed by atoms with E-state index >= 15 is 0 Å². The summed E-state index contributed by atoms with van der Waals surface area (Å²) in [6.07, 6.45) is 8.43. The molecule has 32 heavy (non-hydrogen) atoms. The molecule has 182 valence electrons. The first kappa shape index (κ1) is 25.9. The normalized spacial score (nSPS) is 21.0. The number of carboxylic acids is 1. The maximum Gasteiger partial charge on any atom is 0.407 e. The van der Waals surface area contributed by atoms with Crippen molar-refractivity contribution in [3.05, 3.63) is 0 Å². The topological polar surface area (TPSA) is 134 Å². The molecule has 3 amide bonds. The SMILES string of the molecule is CC(C)C[C@H](NC(=O)OCCCC1CCCCC1)C(=O)N[C@@H](C[C@@H]1CCNC1=O)C(=O)O. The van der Waals surface area contributed by atoms with Crippen LogP contribution in [0.5, 0.6) is 0 Å². The molecule has 1 saturated heterocycles. The first-order valence-electron chi connectivity index (χ1n) is 12.0. The van der Waals surface area contributed by atoms with E-state index in [9.17, 15) is 24.3 Å². The predicted octanol–water partition coefficient (Wildman–Crippen LogP) is 2.58. The zero-order chi connectivity index (χ0) is 23.5. The first-order valence-corrected chi connectivity index (χ1v) is 12.0. The quantitative estimate of drug-likeness (QED) is 0.336. The lowest BCUT2D eigenvalue weighted by Crippen LogP contribution is -2.52. The minimum Gasteiger partial charge on any atom is -0.480 e. The second kappa shape index (κ2) is 13.3. The van der Waals surface area contributed by atoms with Crippen molar-refractivity contribution >= 4 is 23.9 Å². The standard InChI is InChI=1S/C23H39N3O6/c1-15(2)13-18(26-23(31)32-12-6-9-16-7-4-3-5-8-16)21(28)25-19(22(29)30)14-17-10-11-24-20(17)27/h15-19H,3-14H2,1-2H3,(H,24,27)(H,25,28)(H,26,31)(H,29,30)/t17-,18-,19-/m0/s1. The van der Waals surface area contributed by atoms with Crippen molar-refractivity contribution in [3.63, 3.8) is 0 Å². The molecule has 1 heterocycles. The minimum absolute atomic E-state index is 0.0208. The van der Waals surface area contributed by atoms with E-state index in [-0.39, 0.29) is 18.2 Å². The molecule has 1 saturated carbocycles. The molecule has 0 unspecified atom stereocenters. The summed E-state index contributed by atoms with van der Waals surface area (Å²) < 4.78 is 5.27. The van der Waals surface area contributed by atoms with Crippen LogP contribution in [0.4, 0.5) is 4.79 Å². The van der Waals surface area contributed by atoms with Gasteiger partial charge in [0.05, 0.1) is 6.61 Å². The Balaban J connectivity index is 1.82. The van der Waals surface area contributed by atoms with Crippen LogP contribution >= 0.6 is 0 Å². The molecule has 2 aliphatic rings. The van der Waals surface area contributed by atoms with Gasteiger partial charge in [0.2, 0.25) is 11.8 Å². The molecule has 0 aromatic heterocycles. The molecule has 9 nitrogen and oxygen atoms in total. The maximum atomic E-state index is 12.8. The fourth-order valence-electron chi connectivity index (χ4n) is 4.55. The summed E-state index contributed by atoms with van der Waals surface area (Å²) in [4.78, 5) is 48.4. The molecule has 0 aromatic carbocycles. The predicted molar refractivity (Wildman–Crippen MR) is 119 cm³/mol. The van der Waals surface area contributed by atoms with Gasteiger partial charge in [-0.3, -0.25) is 9.59 Å².